The zero-order chi connectivity index (χ0) is 31.0. The van der Waals surface area contributed by atoms with Gasteiger partial charge in [0.15, 0.2) is 6.23 Å². The highest BCUT2D eigenvalue weighted by Crippen LogP contribution is 2.52. The Morgan fingerprint density at radius 2 is 1.67 bits per heavy atom. The summed E-state index contributed by atoms with van der Waals surface area (Å²) in [7, 11) is 0. The van der Waals surface area contributed by atoms with Crippen molar-refractivity contribution in [3.05, 3.63) is 94.0 Å². The molecule has 0 aromatic heterocycles. The number of thioether (sulfide) groups is 1. The summed E-state index contributed by atoms with van der Waals surface area (Å²) in [6, 6.07) is 20.0. The first-order valence-electron chi connectivity index (χ1n) is 15.5. The van der Waals surface area contributed by atoms with Crippen molar-refractivity contribution in [2.75, 3.05) is 25.4 Å². The third-order valence-corrected chi connectivity index (χ3v) is 10.3. The number of likely N-dealkylation sites (tertiary alicyclic amines) is 1. The van der Waals surface area contributed by atoms with Crippen LogP contribution in [0.2, 0.25) is 0 Å². The molecule has 3 atom stereocenters. The van der Waals surface area contributed by atoms with E-state index in [1.807, 2.05) is 48.5 Å². The quantitative estimate of drug-likeness (QED) is 0.222. The summed E-state index contributed by atoms with van der Waals surface area (Å²) < 4.78 is 19.7. The predicted molar refractivity (Wildman–Crippen MR) is 181 cm³/mol. The number of amides is 2. The van der Waals surface area contributed by atoms with Crippen LogP contribution in [-0.2, 0) is 16.1 Å². The van der Waals surface area contributed by atoms with Crippen LogP contribution in [0.4, 0.5) is 4.79 Å². The highest BCUT2D eigenvalue weighted by Gasteiger charge is 2.46. The van der Waals surface area contributed by atoms with Gasteiger partial charge in [-0.2, -0.15) is 0 Å². The molecule has 3 aliphatic rings. The van der Waals surface area contributed by atoms with E-state index in [0.29, 0.717) is 13.2 Å². The number of benzene rings is 3. The van der Waals surface area contributed by atoms with Crippen molar-refractivity contribution >= 4 is 35.3 Å². The predicted octanol–water partition coefficient (Wildman–Crippen LogP) is 7.74. The van der Waals surface area contributed by atoms with E-state index in [0.717, 1.165) is 77.0 Å². The van der Waals surface area contributed by atoms with Gasteiger partial charge in [-0.1, -0.05) is 72.4 Å². The maximum atomic E-state index is 12.7. The van der Waals surface area contributed by atoms with Crippen molar-refractivity contribution in [1.82, 2.24) is 9.80 Å². The summed E-state index contributed by atoms with van der Waals surface area (Å²) in [5.74, 6) is 2.03. The molecule has 6 rings (SSSR count). The van der Waals surface area contributed by atoms with Gasteiger partial charge in [-0.25, -0.2) is 4.90 Å². The van der Waals surface area contributed by atoms with Crippen LogP contribution in [0.25, 0.3) is 0 Å². The molecule has 0 N–H and O–H groups in total. The summed E-state index contributed by atoms with van der Waals surface area (Å²) in [5.41, 5.74) is 6.20. The highest BCUT2D eigenvalue weighted by molar-refractivity contribution is 8.14. The molecule has 45 heavy (non-hydrogen) atoms. The van der Waals surface area contributed by atoms with E-state index in [9.17, 15) is 9.59 Å². The largest absolute Gasteiger partial charge is 0.488 e. The number of hydrogen-bond acceptors (Lipinski definition) is 7. The number of rotatable bonds is 10. The molecule has 2 amide bonds. The highest BCUT2D eigenvalue weighted by atomic mass is 35.5. The van der Waals surface area contributed by atoms with E-state index in [-0.39, 0.29) is 41.3 Å². The van der Waals surface area contributed by atoms with E-state index in [1.54, 1.807) is 0 Å². The minimum atomic E-state index is -0.724. The van der Waals surface area contributed by atoms with Crippen LogP contribution in [0.5, 0.6) is 11.5 Å². The average Bonchev–Trinajstić information content (AvgIpc) is 3.69. The number of nitrogens with zero attached hydrogens (tertiary/aromatic N) is 2. The van der Waals surface area contributed by atoms with Crippen molar-refractivity contribution in [1.29, 1.82) is 0 Å². The van der Waals surface area contributed by atoms with Gasteiger partial charge in [-0.3, -0.25) is 14.5 Å². The first kappa shape index (κ1) is 33.3. The van der Waals surface area contributed by atoms with E-state index in [2.05, 4.69) is 51.7 Å². The van der Waals surface area contributed by atoms with Crippen molar-refractivity contribution in [3.63, 3.8) is 0 Å². The minimum absolute atomic E-state index is 0. The number of carbonyl (C=O) groups excluding carboxylic acids is 2. The number of hydrogen-bond donors (Lipinski definition) is 0. The SMILES string of the molecule is Cc1c(C)c2c(c(C)c1OCc1ccccc1)C(CN1CCC[C@H]1COC(c1ccccc1)N1C(=O)CSC1=O)C(C)(C)O2.Cl. The van der Waals surface area contributed by atoms with Crippen LogP contribution in [0.15, 0.2) is 60.7 Å². The lowest BCUT2D eigenvalue weighted by atomic mass is 9.82. The van der Waals surface area contributed by atoms with Crippen LogP contribution < -0.4 is 9.47 Å². The van der Waals surface area contributed by atoms with Gasteiger partial charge < -0.3 is 14.2 Å². The number of fused-ring (bicyclic) bond motifs is 1. The second-order valence-electron chi connectivity index (χ2n) is 12.7. The van der Waals surface area contributed by atoms with Crippen molar-refractivity contribution in [2.24, 2.45) is 0 Å². The van der Waals surface area contributed by atoms with Crippen LogP contribution in [0, 0.1) is 20.8 Å². The molecule has 3 aliphatic heterocycles. The molecular formula is C36H43ClN2O5S. The second-order valence-corrected chi connectivity index (χ2v) is 13.6. The van der Waals surface area contributed by atoms with Gasteiger partial charge in [0.2, 0.25) is 5.91 Å². The average molecular weight is 651 g/mol. The number of halogens is 1. The van der Waals surface area contributed by atoms with Gasteiger partial charge in [0.25, 0.3) is 5.24 Å². The lowest BCUT2D eigenvalue weighted by Gasteiger charge is -2.34. The third kappa shape index (κ3) is 6.61. The molecule has 240 valence electrons. The summed E-state index contributed by atoms with van der Waals surface area (Å²) in [5, 5.41) is -0.250. The van der Waals surface area contributed by atoms with E-state index in [4.69, 9.17) is 14.2 Å². The first-order chi connectivity index (χ1) is 21.2. The summed E-state index contributed by atoms with van der Waals surface area (Å²) in [6.45, 7) is 13.5. The molecule has 2 fully saturated rings. The van der Waals surface area contributed by atoms with Crippen molar-refractivity contribution in [2.45, 2.75) is 77.9 Å². The number of ether oxygens (including phenoxy) is 3. The Morgan fingerprint density at radius 3 is 2.33 bits per heavy atom. The van der Waals surface area contributed by atoms with E-state index in [1.165, 1.54) is 10.5 Å². The smallest absolute Gasteiger partial charge is 0.291 e. The molecule has 0 saturated carbocycles. The Hall–Kier alpha value is -3.04. The molecule has 0 aliphatic carbocycles. The molecule has 3 aromatic rings. The van der Waals surface area contributed by atoms with Crippen LogP contribution in [0.1, 0.15) is 72.2 Å². The Labute approximate surface area is 277 Å². The van der Waals surface area contributed by atoms with E-state index >= 15 is 0 Å². The molecule has 2 unspecified atom stereocenters. The molecule has 0 radical (unpaired) electrons. The Bertz CT molecular complexity index is 1520. The number of imide groups is 1. The van der Waals surface area contributed by atoms with Gasteiger partial charge in [0.1, 0.15) is 23.7 Å². The number of carbonyl (C=O) groups is 2. The van der Waals surface area contributed by atoms with Crippen LogP contribution in [-0.4, -0.2) is 58.0 Å². The summed E-state index contributed by atoms with van der Waals surface area (Å²) in [4.78, 5) is 29.2. The molecule has 9 heteroatoms. The van der Waals surface area contributed by atoms with E-state index < -0.39 is 11.8 Å². The standard InChI is InChI=1S/C36H42N2O5S.ClH/c1-23-24(2)33-31(25(3)32(23)41-20-26-13-8-6-9-14-26)29(36(4,5)43-33)19-37-18-12-17-28(37)21-42-34(27-15-10-7-11-16-27)38-30(39)22-44-35(38)40;/h6-11,13-16,28-29,34H,12,17-22H2,1-5H3;1H/t28-,29?,34?;/m0./s1. The second kappa shape index (κ2) is 13.8. The molecular weight excluding hydrogens is 608 g/mol. The lowest BCUT2D eigenvalue weighted by molar-refractivity contribution is -0.137. The molecule has 3 heterocycles. The summed E-state index contributed by atoms with van der Waals surface area (Å²) in [6.07, 6.45) is 1.34. The topological polar surface area (TPSA) is 68.3 Å². The molecule has 2 saturated heterocycles. The summed E-state index contributed by atoms with van der Waals surface area (Å²) >= 11 is 1.04. The zero-order valence-corrected chi connectivity index (χ0v) is 28.3. The fraction of sp³-hybridized carbons (Fsp3) is 0.444. The van der Waals surface area contributed by atoms with Crippen molar-refractivity contribution in [3.8, 4) is 11.5 Å². The maximum Gasteiger partial charge on any atom is 0.291 e. The lowest BCUT2D eigenvalue weighted by Crippen LogP contribution is -2.43. The molecule has 7 nitrogen and oxygen atoms in total. The van der Waals surface area contributed by atoms with Crippen LogP contribution in [0.3, 0.4) is 0 Å². The van der Waals surface area contributed by atoms with Crippen LogP contribution >= 0.6 is 24.2 Å². The fourth-order valence-electron chi connectivity index (χ4n) is 6.90. The van der Waals surface area contributed by atoms with Gasteiger partial charge in [0.05, 0.1) is 12.4 Å². The van der Waals surface area contributed by atoms with Crippen molar-refractivity contribution < 1.29 is 23.8 Å². The zero-order valence-electron chi connectivity index (χ0n) is 26.7. The van der Waals surface area contributed by atoms with Gasteiger partial charge in [-0.05, 0) is 76.3 Å². The molecule has 3 aromatic carbocycles. The van der Waals surface area contributed by atoms with Gasteiger partial charge in [-0.15, -0.1) is 12.4 Å². The molecule has 0 bridgehead atoms. The molecule has 0 spiro atoms. The fourth-order valence-corrected chi connectivity index (χ4v) is 7.62. The Kier molecular flexibility index (Phi) is 10.2. The Balaban J connectivity index is 0.00000400. The van der Waals surface area contributed by atoms with Gasteiger partial charge in [0, 0.05) is 29.6 Å². The van der Waals surface area contributed by atoms with Gasteiger partial charge >= 0.3 is 0 Å². The third-order valence-electron chi connectivity index (χ3n) is 9.48. The Morgan fingerprint density at radius 1 is 0.978 bits per heavy atom. The minimum Gasteiger partial charge on any atom is -0.488 e. The monoisotopic (exact) mass is 650 g/mol. The normalized spacial score (nSPS) is 21.4. The maximum absolute atomic E-state index is 12.7. The first-order valence-corrected chi connectivity index (χ1v) is 16.5.